The lowest BCUT2D eigenvalue weighted by Gasteiger charge is -2.44. The molecule has 1 heterocycles. The lowest BCUT2D eigenvalue weighted by Crippen LogP contribution is -2.54. The van der Waals surface area contributed by atoms with E-state index in [2.05, 4.69) is 25.0 Å². The van der Waals surface area contributed by atoms with Crippen LogP contribution in [0.1, 0.15) is 26.7 Å². The van der Waals surface area contributed by atoms with Crippen LogP contribution in [0.5, 0.6) is 0 Å². The fourth-order valence-corrected chi connectivity index (χ4v) is 2.85. The van der Waals surface area contributed by atoms with Crippen LogP contribution in [0.3, 0.4) is 0 Å². The molecule has 88 valence electrons. The first-order valence-electron chi connectivity index (χ1n) is 5.45. The molecular formula is C11H21NO2S. The molecule has 0 amide bonds. The number of likely N-dealkylation sites (tertiary alicyclic amines) is 1. The van der Waals surface area contributed by atoms with Gasteiger partial charge in [0.25, 0.3) is 0 Å². The van der Waals surface area contributed by atoms with Gasteiger partial charge in [0, 0.05) is 12.3 Å². The molecule has 1 aliphatic heterocycles. The Morgan fingerprint density at radius 1 is 1.60 bits per heavy atom. The molecule has 0 aromatic carbocycles. The fraction of sp³-hybridized carbons (Fsp3) is 0.909. The Bertz CT molecular complexity index is 231. The summed E-state index contributed by atoms with van der Waals surface area (Å²) in [6.07, 6.45) is 4.19. The number of aliphatic carboxylic acids is 1. The minimum absolute atomic E-state index is 0.0948. The van der Waals surface area contributed by atoms with Crippen LogP contribution in [-0.4, -0.2) is 47.1 Å². The predicted octanol–water partition coefficient (Wildman–Crippen LogP) is 1.92. The third-order valence-corrected chi connectivity index (χ3v) is 3.78. The van der Waals surface area contributed by atoms with Crippen molar-refractivity contribution in [3.05, 3.63) is 0 Å². The summed E-state index contributed by atoms with van der Waals surface area (Å²) in [4.78, 5) is 13.4. The third-order valence-electron chi connectivity index (χ3n) is 3.19. The van der Waals surface area contributed by atoms with Gasteiger partial charge in [0.15, 0.2) is 0 Å². The molecule has 0 radical (unpaired) electrons. The van der Waals surface area contributed by atoms with Gasteiger partial charge in [-0.25, -0.2) is 0 Å². The van der Waals surface area contributed by atoms with E-state index in [-0.39, 0.29) is 11.5 Å². The van der Waals surface area contributed by atoms with Gasteiger partial charge < -0.3 is 5.11 Å². The number of thioether (sulfide) groups is 1. The molecule has 1 fully saturated rings. The van der Waals surface area contributed by atoms with Crippen molar-refractivity contribution in [3.63, 3.8) is 0 Å². The molecule has 0 bridgehead atoms. The number of carboxylic acid groups (broad SMARTS) is 1. The maximum absolute atomic E-state index is 11.3. The van der Waals surface area contributed by atoms with Crippen LogP contribution in [-0.2, 0) is 4.79 Å². The lowest BCUT2D eigenvalue weighted by molar-refractivity contribution is -0.150. The maximum atomic E-state index is 11.3. The second-order valence-electron chi connectivity index (χ2n) is 4.86. The predicted molar refractivity (Wildman–Crippen MR) is 64.4 cm³/mol. The van der Waals surface area contributed by atoms with Crippen LogP contribution in [0, 0.1) is 5.41 Å². The third kappa shape index (κ3) is 3.11. The smallest absolute Gasteiger partial charge is 0.321 e. The minimum Gasteiger partial charge on any atom is -0.480 e. The Labute approximate surface area is 96.2 Å². The summed E-state index contributed by atoms with van der Waals surface area (Å²) >= 11 is 1.77. The van der Waals surface area contributed by atoms with Gasteiger partial charge in [-0.1, -0.05) is 13.8 Å². The van der Waals surface area contributed by atoms with Crippen molar-refractivity contribution in [1.82, 2.24) is 4.90 Å². The van der Waals surface area contributed by atoms with Crippen LogP contribution in [0.15, 0.2) is 0 Å². The average molecular weight is 231 g/mol. The molecule has 1 saturated heterocycles. The van der Waals surface area contributed by atoms with E-state index in [1.54, 1.807) is 11.8 Å². The first-order valence-corrected chi connectivity index (χ1v) is 6.84. The van der Waals surface area contributed by atoms with E-state index in [0.29, 0.717) is 0 Å². The van der Waals surface area contributed by atoms with Gasteiger partial charge in [0.2, 0.25) is 0 Å². The molecule has 0 aliphatic carbocycles. The second-order valence-corrected chi connectivity index (χ2v) is 5.85. The second kappa shape index (κ2) is 5.21. The highest BCUT2D eigenvalue weighted by atomic mass is 32.2. The van der Waals surface area contributed by atoms with Crippen molar-refractivity contribution in [3.8, 4) is 0 Å². The van der Waals surface area contributed by atoms with Gasteiger partial charge in [0.05, 0.1) is 0 Å². The Hall–Kier alpha value is -0.220. The molecule has 0 aromatic rings. The molecule has 0 saturated carbocycles. The van der Waals surface area contributed by atoms with Crippen molar-refractivity contribution in [1.29, 1.82) is 0 Å². The summed E-state index contributed by atoms with van der Waals surface area (Å²) in [5, 5.41) is 9.30. The molecule has 1 unspecified atom stereocenters. The van der Waals surface area contributed by atoms with E-state index in [1.165, 1.54) is 0 Å². The molecule has 15 heavy (non-hydrogen) atoms. The summed E-state index contributed by atoms with van der Waals surface area (Å²) in [5.74, 6) is 0.348. The molecule has 0 spiro atoms. The van der Waals surface area contributed by atoms with E-state index in [0.717, 1.165) is 31.7 Å². The monoisotopic (exact) mass is 231 g/mol. The SMILES string of the molecule is CSCCN1CCCC(C)(C)C1C(=O)O. The standard InChI is InChI=1S/C11H21NO2S/c1-11(2)5-4-6-12(7-8-15-3)9(11)10(13)14/h9H,4-8H2,1-3H3,(H,13,14). The van der Waals surface area contributed by atoms with E-state index in [4.69, 9.17) is 0 Å². The molecule has 0 aromatic heterocycles. The Morgan fingerprint density at radius 3 is 2.80 bits per heavy atom. The van der Waals surface area contributed by atoms with Gasteiger partial charge in [-0.2, -0.15) is 11.8 Å². The molecule has 4 heteroatoms. The van der Waals surface area contributed by atoms with Crippen molar-refractivity contribution < 1.29 is 9.90 Å². The minimum atomic E-state index is -0.666. The van der Waals surface area contributed by atoms with E-state index >= 15 is 0 Å². The summed E-state index contributed by atoms with van der Waals surface area (Å²) in [7, 11) is 0. The van der Waals surface area contributed by atoms with Crippen LogP contribution in [0.25, 0.3) is 0 Å². The summed E-state index contributed by atoms with van der Waals surface area (Å²) < 4.78 is 0. The van der Waals surface area contributed by atoms with Gasteiger partial charge >= 0.3 is 5.97 Å². The quantitative estimate of drug-likeness (QED) is 0.802. The van der Waals surface area contributed by atoms with Crippen molar-refractivity contribution >= 4 is 17.7 Å². The highest BCUT2D eigenvalue weighted by molar-refractivity contribution is 7.98. The van der Waals surface area contributed by atoms with Gasteiger partial charge in [-0.05, 0) is 31.1 Å². The van der Waals surface area contributed by atoms with Gasteiger partial charge in [-0.15, -0.1) is 0 Å². The largest absolute Gasteiger partial charge is 0.480 e. The van der Waals surface area contributed by atoms with E-state index < -0.39 is 5.97 Å². The lowest BCUT2D eigenvalue weighted by atomic mass is 9.76. The normalized spacial score (nSPS) is 26.5. The number of nitrogens with zero attached hydrogens (tertiary/aromatic N) is 1. The maximum Gasteiger partial charge on any atom is 0.321 e. The molecule has 1 atom stereocenters. The number of hydrogen-bond donors (Lipinski definition) is 1. The molecule has 1 rings (SSSR count). The Morgan fingerprint density at radius 2 is 2.27 bits per heavy atom. The summed E-state index contributed by atoms with van der Waals surface area (Å²) in [6.45, 7) is 5.95. The van der Waals surface area contributed by atoms with Gasteiger partial charge in [0.1, 0.15) is 6.04 Å². The zero-order valence-corrected chi connectivity index (χ0v) is 10.6. The summed E-state index contributed by atoms with van der Waals surface area (Å²) in [6, 6.07) is -0.307. The van der Waals surface area contributed by atoms with E-state index in [9.17, 15) is 9.90 Å². The van der Waals surface area contributed by atoms with E-state index in [1.807, 2.05) is 0 Å². The molecule has 3 nitrogen and oxygen atoms in total. The first kappa shape index (κ1) is 12.8. The highest BCUT2D eigenvalue weighted by Crippen LogP contribution is 2.35. The number of hydrogen-bond acceptors (Lipinski definition) is 3. The van der Waals surface area contributed by atoms with Crippen LogP contribution < -0.4 is 0 Å². The summed E-state index contributed by atoms with van der Waals surface area (Å²) in [5.41, 5.74) is -0.0948. The van der Waals surface area contributed by atoms with Crippen molar-refractivity contribution in [2.24, 2.45) is 5.41 Å². The zero-order valence-electron chi connectivity index (χ0n) is 9.82. The van der Waals surface area contributed by atoms with Crippen molar-refractivity contribution in [2.75, 3.05) is 25.1 Å². The van der Waals surface area contributed by atoms with Crippen LogP contribution in [0.2, 0.25) is 0 Å². The number of carboxylic acids is 1. The first-order chi connectivity index (χ1) is 6.99. The highest BCUT2D eigenvalue weighted by Gasteiger charge is 2.41. The fourth-order valence-electron chi connectivity index (χ4n) is 2.44. The van der Waals surface area contributed by atoms with Crippen LogP contribution >= 0.6 is 11.8 Å². The zero-order chi connectivity index (χ0) is 11.5. The topological polar surface area (TPSA) is 40.5 Å². The molecule has 1 aliphatic rings. The average Bonchev–Trinajstić information content (AvgIpc) is 2.12. The number of rotatable bonds is 4. The molecule has 1 N–H and O–H groups in total. The van der Waals surface area contributed by atoms with Crippen molar-refractivity contribution in [2.45, 2.75) is 32.7 Å². The Balaban J connectivity index is 2.71. The molecular weight excluding hydrogens is 210 g/mol. The van der Waals surface area contributed by atoms with Crippen LogP contribution in [0.4, 0.5) is 0 Å². The number of carbonyl (C=O) groups is 1. The Kier molecular flexibility index (Phi) is 4.46. The van der Waals surface area contributed by atoms with Gasteiger partial charge in [-0.3, -0.25) is 9.69 Å². The number of piperidine rings is 1.